The predicted molar refractivity (Wildman–Crippen MR) is 71.8 cm³/mol. The first-order valence-corrected chi connectivity index (χ1v) is 6.62. The molecule has 2 aromatic rings. The molecule has 2 atom stereocenters. The van der Waals surface area contributed by atoms with E-state index in [0.717, 1.165) is 30.2 Å². The maximum absolute atomic E-state index is 12.0. The summed E-state index contributed by atoms with van der Waals surface area (Å²) in [6, 6.07) is 5.49. The van der Waals surface area contributed by atoms with Gasteiger partial charge in [-0.3, -0.25) is 9.89 Å². The van der Waals surface area contributed by atoms with Gasteiger partial charge in [-0.1, -0.05) is 6.07 Å². The second-order valence-electron chi connectivity index (χ2n) is 5.21. The van der Waals surface area contributed by atoms with Crippen LogP contribution in [0.5, 0.6) is 0 Å². The summed E-state index contributed by atoms with van der Waals surface area (Å²) in [4.78, 5) is 12.0. The van der Waals surface area contributed by atoms with Crippen LogP contribution in [0.1, 0.15) is 29.6 Å². The zero-order valence-electron chi connectivity index (χ0n) is 10.6. The molecule has 1 amide bonds. The number of carbonyl (C=O) groups is 1. The molecule has 0 bridgehead atoms. The lowest BCUT2D eigenvalue weighted by molar-refractivity contribution is 0.0945. The van der Waals surface area contributed by atoms with E-state index in [-0.39, 0.29) is 12.0 Å². The summed E-state index contributed by atoms with van der Waals surface area (Å²) >= 11 is 0. The number of aromatic amines is 1. The zero-order chi connectivity index (χ0) is 13.2. The van der Waals surface area contributed by atoms with Gasteiger partial charge in [0.05, 0.1) is 17.8 Å². The minimum Gasteiger partial charge on any atom is -0.393 e. The van der Waals surface area contributed by atoms with Crippen LogP contribution in [0.2, 0.25) is 0 Å². The molecule has 0 aliphatic heterocycles. The standard InChI is InChI=1S/C14H17N3O2/c18-12-4-1-9(5-12)7-15-14(19)10-2-3-11-8-16-17-13(11)6-10/h2-3,6,8-9,12,18H,1,4-5,7H2,(H,15,19)(H,16,17). The van der Waals surface area contributed by atoms with Crippen molar-refractivity contribution in [1.82, 2.24) is 15.5 Å². The highest BCUT2D eigenvalue weighted by atomic mass is 16.3. The van der Waals surface area contributed by atoms with Crippen LogP contribution in [-0.4, -0.2) is 33.9 Å². The second-order valence-corrected chi connectivity index (χ2v) is 5.21. The Hall–Kier alpha value is -1.88. The van der Waals surface area contributed by atoms with Crippen molar-refractivity contribution in [3.63, 3.8) is 0 Å². The fraction of sp³-hybridized carbons (Fsp3) is 0.429. The largest absolute Gasteiger partial charge is 0.393 e. The fourth-order valence-corrected chi connectivity index (χ4v) is 2.65. The molecule has 1 aliphatic rings. The molecule has 1 fully saturated rings. The summed E-state index contributed by atoms with van der Waals surface area (Å²) in [5.74, 6) is 0.327. The molecule has 5 nitrogen and oxygen atoms in total. The molecule has 1 heterocycles. The molecule has 0 radical (unpaired) electrons. The Morgan fingerprint density at radius 3 is 3.16 bits per heavy atom. The van der Waals surface area contributed by atoms with E-state index >= 15 is 0 Å². The highest BCUT2D eigenvalue weighted by molar-refractivity contribution is 5.97. The first kappa shape index (κ1) is 12.2. The van der Waals surface area contributed by atoms with Gasteiger partial charge in [0.25, 0.3) is 5.91 Å². The number of aromatic nitrogens is 2. The number of nitrogens with zero attached hydrogens (tertiary/aromatic N) is 1. The summed E-state index contributed by atoms with van der Waals surface area (Å²) in [5.41, 5.74) is 1.50. The lowest BCUT2D eigenvalue weighted by Gasteiger charge is -2.10. The van der Waals surface area contributed by atoms with E-state index in [1.165, 1.54) is 0 Å². The number of rotatable bonds is 3. The molecule has 1 aromatic heterocycles. The molecule has 5 heteroatoms. The maximum atomic E-state index is 12.0. The number of carbonyl (C=O) groups excluding carboxylic acids is 1. The molecule has 19 heavy (non-hydrogen) atoms. The molecule has 1 saturated carbocycles. The van der Waals surface area contributed by atoms with Crippen molar-refractivity contribution in [2.75, 3.05) is 6.54 Å². The van der Waals surface area contributed by atoms with Crippen LogP contribution in [-0.2, 0) is 0 Å². The third-order valence-electron chi connectivity index (χ3n) is 3.77. The van der Waals surface area contributed by atoms with Crippen LogP contribution >= 0.6 is 0 Å². The number of amides is 1. The molecule has 2 unspecified atom stereocenters. The van der Waals surface area contributed by atoms with E-state index in [9.17, 15) is 9.90 Å². The Bertz CT molecular complexity index is 593. The Labute approximate surface area is 111 Å². The highest BCUT2D eigenvalue weighted by Crippen LogP contribution is 2.24. The van der Waals surface area contributed by atoms with Crippen LogP contribution in [0.4, 0.5) is 0 Å². The van der Waals surface area contributed by atoms with Gasteiger partial charge in [0, 0.05) is 17.5 Å². The molecular weight excluding hydrogens is 242 g/mol. The highest BCUT2D eigenvalue weighted by Gasteiger charge is 2.23. The lowest BCUT2D eigenvalue weighted by atomic mass is 10.1. The SMILES string of the molecule is O=C(NCC1CCC(O)C1)c1ccc2cn[nH]c2c1. The average molecular weight is 259 g/mol. The van der Waals surface area contributed by atoms with Gasteiger partial charge < -0.3 is 10.4 Å². The molecule has 1 aromatic carbocycles. The summed E-state index contributed by atoms with van der Waals surface area (Å²) in [6.45, 7) is 0.636. The minimum absolute atomic E-state index is 0.0714. The number of aliphatic hydroxyl groups excluding tert-OH is 1. The summed E-state index contributed by atoms with van der Waals surface area (Å²) in [7, 11) is 0. The van der Waals surface area contributed by atoms with Gasteiger partial charge in [0.2, 0.25) is 0 Å². The smallest absolute Gasteiger partial charge is 0.251 e. The third-order valence-corrected chi connectivity index (χ3v) is 3.77. The Morgan fingerprint density at radius 2 is 2.37 bits per heavy atom. The van der Waals surface area contributed by atoms with Gasteiger partial charge in [-0.05, 0) is 37.3 Å². The van der Waals surface area contributed by atoms with E-state index in [0.29, 0.717) is 18.0 Å². The molecule has 3 N–H and O–H groups in total. The van der Waals surface area contributed by atoms with Crippen LogP contribution in [0.15, 0.2) is 24.4 Å². The van der Waals surface area contributed by atoms with Crippen molar-refractivity contribution in [3.05, 3.63) is 30.0 Å². The number of aliphatic hydroxyl groups is 1. The predicted octanol–water partition coefficient (Wildman–Crippen LogP) is 1.45. The summed E-state index contributed by atoms with van der Waals surface area (Å²) in [6.07, 6.45) is 4.17. The molecule has 3 rings (SSSR count). The number of hydrogen-bond acceptors (Lipinski definition) is 3. The molecule has 100 valence electrons. The van der Waals surface area contributed by atoms with Crippen LogP contribution in [0, 0.1) is 5.92 Å². The van der Waals surface area contributed by atoms with Gasteiger partial charge in [-0.15, -0.1) is 0 Å². The second kappa shape index (κ2) is 5.01. The molecular formula is C14H17N3O2. The fourth-order valence-electron chi connectivity index (χ4n) is 2.65. The van der Waals surface area contributed by atoms with Gasteiger partial charge in [-0.2, -0.15) is 5.10 Å². The quantitative estimate of drug-likeness (QED) is 0.780. The van der Waals surface area contributed by atoms with Gasteiger partial charge >= 0.3 is 0 Å². The van der Waals surface area contributed by atoms with E-state index in [1.54, 1.807) is 18.3 Å². The van der Waals surface area contributed by atoms with Crippen LogP contribution < -0.4 is 5.32 Å². The van der Waals surface area contributed by atoms with Crippen molar-refractivity contribution in [2.24, 2.45) is 5.92 Å². The van der Waals surface area contributed by atoms with E-state index in [2.05, 4.69) is 15.5 Å². The maximum Gasteiger partial charge on any atom is 0.251 e. The van der Waals surface area contributed by atoms with Gasteiger partial charge in [0.15, 0.2) is 0 Å². The van der Waals surface area contributed by atoms with Gasteiger partial charge in [0.1, 0.15) is 0 Å². The number of benzene rings is 1. The molecule has 0 saturated heterocycles. The number of nitrogens with one attached hydrogen (secondary N) is 2. The van der Waals surface area contributed by atoms with Crippen LogP contribution in [0.3, 0.4) is 0 Å². The number of H-pyrrole nitrogens is 1. The monoisotopic (exact) mass is 259 g/mol. The van der Waals surface area contributed by atoms with Crippen molar-refractivity contribution in [3.8, 4) is 0 Å². The van der Waals surface area contributed by atoms with Crippen molar-refractivity contribution in [1.29, 1.82) is 0 Å². The zero-order valence-corrected chi connectivity index (χ0v) is 10.6. The summed E-state index contributed by atoms with van der Waals surface area (Å²) in [5, 5.41) is 20.2. The van der Waals surface area contributed by atoms with Crippen molar-refractivity contribution < 1.29 is 9.90 Å². The number of fused-ring (bicyclic) bond motifs is 1. The van der Waals surface area contributed by atoms with E-state index in [1.807, 2.05) is 6.07 Å². The third kappa shape index (κ3) is 2.61. The minimum atomic E-state index is -0.191. The first-order chi connectivity index (χ1) is 9.22. The van der Waals surface area contributed by atoms with Crippen molar-refractivity contribution in [2.45, 2.75) is 25.4 Å². The lowest BCUT2D eigenvalue weighted by Crippen LogP contribution is -2.28. The van der Waals surface area contributed by atoms with E-state index < -0.39 is 0 Å². The normalized spacial score (nSPS) is 22.8. The Kier molecular flexibility index (Phi) is 3.21. The average Bonchev–Trinajstić information content (AvgIpc) is 3.03. The Balaban J connectivity index is 1.63. The summed E-state index contributed by atoms with van der Waals surface area (Å²) < 4.78 is 0. The first-order valence-electron chi connectivity index (χ1n) is 6.62. The number of hydrogen-bond donors (Lipinski definition) is 3. The Morgan fingerprint density at radius 1 is 1.47 bits per heavy atom. The topological polar surface area (TPSA) is 78.0 Å². The van der Waals surface area contributed by atoms with Crippen molar-refractivity contribution >= 4 is 16.8 Å². The van der Waals surface area contributed by atoms with Gasteiger partial charge in [-0.25, -0.2) is 0 Å². The molecule has 1 aliphatic carbocycles. The molecule has 0 spiro atoms. The van der Waals surface area contributed by atoms with E-state index in [4.69, 9.17) is 0 Å². The van der Waals surface area contributed by atoms with Crippen LogP contribution in [0.25, 0.3) is 10.9 Å².